The third kappa shape index (κ3) is 2.86. The molecule has 1 nitrogen and oxygen atoms in total. The van der Waals surface area contributed by atoms with Gasteiger partial charge in [-0.05, 0) is 13.8 Å². The molecule has 0 heterocycles. The second kappa shape index (κ2) is 5.93. The molecular formula is C16H18OP+. The molecule has 2 rings (SSSR count). The standard InChI is InChI=1S/C16H18OP/c1-13(15-9-5-3-6-10-15)18(17)14(2)16-11-7-4-8-12-16/h3-14H,1-2H3/q+1/t13-,14-/m1/s1. The minimum atomic E-state index is -1.31. The van der Waals surface area contributed by atoms with Gasteiger partial charge in [-0.1, -0.05) is 65.2 Å². The topological polar surface area (TPSA) is 17.1 Å². The molecule has 2 heteroatoms. The van der Waals surface area contributed by atoms with E-state index in [9.17, 15) is 4.57 Å². The Hall–Kier alpha value is -1.46. The molecule has 0 aliphatic heterocycles. The van der Waals surface area contributed by atoms with Crippen LogP contribution in [0.1, 0.15) is 36.3 Å². The third-order valence-corrected chi connectivity index (χ3v) is 5.45. The largest absolute Gasteiger partial charge is 0.353 e. The van der Waals surface area contributed by atoms with Crippen LogP contribution in [0.5, 0.6) is 0 Å². The Bertz CT molecular complexity index is 460. The highest BCUT2D eigenvalue weighted by atomic mass is 31.1. The van der Waals surface area contributed by atoms with Crippen LogP contribution in [0.3, 0.4) is 0 Å². The molecule has 0 bridgehead atoms. The van der Waals surface area contributed by atoms with Crippen molar-refractivity contribution in [2.24, 2.45) is 0 Å². The molecule has 18 heavy (non-hydrogen) atoms. The van der Waals surface area contributed by atoms with Crippen molar-refractivity contribution in [2.45, 2.75) is 25.2 Å². The van der Waals surface area contributed by atoms with Crippen LogP contribution in [0.4, 0.5) is 0 Å². The van der Waals surface area contributed by atoms with Crippen molar-refractivity contribution in [3.63, 3.8) is 0 Å². The van der Waals surface area contributed by atoms with E-state index in [1.54, 1.807) is 0 Å². The van der Waals surface area contributed by atoms with Crippen molar-refractivity contribution in [3.05, 3.63) is 71.8 Å². The molecule has 0 spiro atoms. The van der Waals surface area contributed by atoms with Crippen LogP contribution in [0.25, 0.3) is 0 Å². The molecule has 0 aliphatic carbocycles. The van der Waals surface area contributed by atoms with Crippen LogP contribution in [0, 0.1) is 0 Å². The van der Waals surface area contributed by atoms with E-state index >= 15 is 0 Å². The van der Waals surface area contributed by atoms with Gasteiger partial charge in [-0.25, -0.2) is 0 Å². The molecule has 2 aromatic rings. The Morgan fingerprint density at radius 1 is 0.722 bits per heavy atom. The summed E-state index contributed by atoms with van der Waals surface area (Å²) in [5, 5.41) is 0. The Morgan fingerprint density at radius 3 is 1.39 bits per heavy atom. The van der Waals surface area contributed by atoms with Gasteiger partial charge in [-0.3, -0.25) is 0 Å². The first kappa shape index (κ1) is 13.0. The molecule has 0 N–H and O–H groups in total. The first-order chi connectivity index (χ1) is 8.70. The lowest BCUT2D eigenvalue weighted by Gasteiger charge is -2.07. The first-order valence-electron chi connectivity index (χ1n) is 6.25. The number of rotatable bonds is 4. The summed E-state index contributed by atoms with van der Waals surface area (Å²) in [5.41, 5.74) is 2.50. The van der Waals surface area contributed by atoms with E-state index in [4.69, 9.17) is 0 Å². The van der Waals surface area contributed by atoms with Gasteiger partial charge in [0.2, 0.25) is 0 Å². The van der Waals surface area contributed by atoms with Gasteiger partial charge < -0.3 is 0 Å². The Labute approximate surface area is 110 Å². The first-order valence-corrected chi connectivity index (χ1v) is 7.65. The SMILES string of the molecule is C[C@H](c1ccccc1)[P+](=O)[C@H](C)c1ccccc1. The smallest absolute Gasteiger partial charge is 0.0734 e. The average Bonchev–Trinajstić information content (AvgIpc) is 2.47. The molecule has 92 valence electrons. The monoisotopic (exact) mass is 257 g/mol. The Morgan fingerprint density at radius 2 is 1.06 bits per heavy atom. The average molecular weight is 257 g/mol. The molecule has 0 unspecified atom stereocenters. The summed E-state index contributed by atoms with van der Waals surface area (Å²) in [6.45, 7) is 4.10. The van der Waals surface area contributed by atoms with Crippen LogP contribution >= 0.6 is 7.80 Å². The van der Waals surface area contributed by atoms with E-state index in [-0.39, 0.29) is 11.3 Å². The van der Waals surface area contributed by atoms with Gasteiger partial charge in [0.05, 0.1) is 0 Å². The van der Waals surface area contributed by atoms with Crippen LogP contribution in [0.2, 0.25) is 0 Å². The normalized spacial score (nSPS) is 13.9. The fourth-order valence-corrected chi connectivity index (χ4v) is 3.70. The minimum Gasteiger partial charge on any atom is -0.0734 e. The summed E-state index contributed by atoms with van der Waals surface area (Å²) in [7, 11) is -1.31. The Kier molecular flexibility index (Phi) is 4.28. The van der Waals surface area contributed by atoms with Crippen LogP contribution in [-0.4, -0.2) is 0 Å². The maximum absolute atomic E-state index is 12.6. The predicted octanol–water partition coefficient (Wildman–Crippen LogP) is 5.34. The summed E-state index contributed by atoms with van der Waals surface area (Å²) in [6, 6.07) is 20.2. The van der Waals surface area contributed by atoms with Gasteiger partial charge in [0.15, 0.2) is 11.3 Å². The maximum Gasteiger partial charge on any atom is 0.353 e. The summed E-state index contributed by atoms with van der Waals surface area (Å²) in [6.07, 6.45) is 0. The molecule has 2 aromatic carbocycles. The summed E-state index contributed by atoms with van der Waals surface area (Å²) in [4.78, 5) is 0. The highest BCUT2D eigenvalue weighted by Crippen LogP contribution is 2.51. The van der Waals surface area contributed by atoms with Crippen molar-refractivity contribution < 1.29 is 4.57 Å². The van der Waals surface area contributed by atoms with Gasteiger partial charge in [0.25, 0.3) is 0 Å². The van der Waals surface area contributed by atoms with Gasteiger partial charge in [-0.2, -0.15) is 0 Å². The minimum absolute atomic E-state index is 0.0939. The van der Waals surface area contributed by atoms with Crippen LogP contribution in [-0.2, 0) is 4.57 Å². The maximum atomic E-state index is 12.6. The predicted molar refractivity (Wildman–Crippen MR) is 77.3 cm³/mol. The second-order valence-electron chi connectivity index (χ2n) is 4.53. The van der Waals surface area contributed by atoms with Crippen molar-refractivity contribution in [3.8, 4) is 0 Å². The zero-order valence-corrected chi connectivity index (χ0v) is 11.7. The van der Waals surface area contributed by atoms with Crippen LogP contribution in [0.15, 0.2) is 60.7 Å². The molecule has 0 aliphatic rings. The lowest BCUT2D eigenvalue weighted by Crippen LogP contribution is -1.94. The van der Waals surface area contributed by atoms with Gasteiger partial charge in [-0.15, -0.1) is 0 Å². The zero-order valence-electron chi connectivity index (χ0n) is 10.8. The zero-order chi connectivity index (χ0) is 13.0. The highest BCUT2D eigenvalue weighted by molar-refractivity contribution is 7.45. The lowest BCUT2D eigenvalue weighted by molar-refractivity contribution is 0.575. The molecule has 0 fully saturated rings. The van der Waals surface area contributed by atoms with Crippen molar-refractivity contribution >= 4 is 7.80 Å². The van der Waals surface area contributed by atoms with Crippen LogP contribution < -0.4 is 0 Å². The van der Waals surface area contributed by atoms with Gasteiger partial charge in [0, 0.05) is 11.1 Å². The molecule has 0 saturated carbocycles. The quantitative estimate of drug-likeness (QED) is 0.676. The lowest BCUT2D eigenvalue weighted by atomic mass is 10.2. The number of benzene rings is 2. The van der Waals surface area contributed by atoms with E-state index in [1.165, 1.54) is 0 Å². The molecule has 0 aromatic heterocycles. The van der Waals surface area contributed by atoms with E-state index in [2.05, 4.69) is 24.3 Å². The molecule has 2 atom stereocenters. The Balaban J connectivity index is 2.17. The second-order valence-corrected chi connectivity index (χ2v) is 6.80. The van der Waals surface area contributed by atoms with E-state index in [1.807, 2.05) is 50.2 Å². The summed E-state index contributed by atoms with van der Waals surface area (Å²) < 4.78 is 12.6. The van der Waals surface area contributed by atoms with Crippen molar-refractivity contribution in [1.82, 2.24) is 0 Å². The van der Waals surface area contributed by atoms with E-state index in [0.717, 1.165) is 11.1 Å². The van der Waals surface area contributed by atoms with E-state index in [0.29, 0.717) is 0 Å². The molecule has 0 radical (unpaired) electrons. The third-order valence-electron chi connectivity index (χ3n) is 3.33. The summed E-state index contributed by atoms with van der Waals surface area (Å²) >= 11 is 0. The molecule has 0 amide bonds. The fraction of sp³-hybridized carbons (Fsp3) is 0.250. The van der Waals surface area contributed by atoms with Gasteiger partial charge >= 0.3 is 7.80 Å². The molecular weight excluding hydrogens is 239 g/mol. The van der Waals surface area contributed by atoms with E-state index < -0.39 is 7.80 Å². The number of hydrogen-bond acceptors (Lipinski definition) is 1. The number of hydrogen-bond donors (Lipinski definition) is 0. The summed E-state index contributed by atoms with van der Waals surface area (Å²) in [5.74, 6) is 0. The van der Waals surface area contributed by atoms with Crippen molar-refractivity contribution in [1.29, 1.82) is 0 Å². The molecule has 0 saturated heterocycles. The highest BCUT2D eigenvalue weighted by Gasteiger charge is 2.34. The van der Waals surface area contributed by atoms with Gasteiger partial charge in [0.1, 0.15) is 0 Å². The van der Waals surface area contributed by atoms with Crippen molar-refractivity contribution in [2.75, 3.05) is 0 Å². The fourth-order valence-electron chi connectivity index (χ4n) is 2.09.